The topological polar surface area (TPSA) is 76.7 Å². The molecule has 2 aromatic rings. The summed E-state index contributed by atoms with van der Waals surface area (Å²) in [6.45, 7) is 2.80. The lowest BCUT2D eigenvalue weighted by molar-refractivity contribution is 0.372. The molecule has 2 aromatic heterocycles. The lowest BCUT2D eigenvalue weighted by Crippen LogP contribution is -2.22. The lowest BCUT2D eigenvalue weighted by Gasteiger charge is -2.11. The van der Waals surface area contributed by atoms with Gasteiger partial charge >= 0.3 is 0 Å². The van der Waals surface area contributed by atoms with Gasteiger partial charge in [0.1, 0.15) is 0 Å². The van der Waals surface area contributed by atoms with E-state index in [-0.39, 0.29) is 6.04 Å². The third kappa shape index (κ3) is 2.83. The highest BCUT2D eigenvalue weighted by molar-refractivity contribution is 5.00. The van der Waals surface area contributed by atoms with E-state index in [1.807, 2.05) is 6.92 Å². The van der Waals surface area contributed by atoms with E-state index in [2.05, 4.69) is 25.4 Å². The Morgan fingerprint density at radius 1 is 1.38 bits per heavy atom. The van der Waals surface area contributed by atoms with Crippen LogP contribution in [0.1, 0.15) is 24.6 Å². The maximum atomic E-state index is 4.89. The van der Waals surface area contributed by atoms with E-state index in [1.165, 1.54) is 6.33 Å². The highest BCUT2D eigenvalue weighted by Gasteiger charge is 2.06. The molecule has 0 saturated heterocycles. The van der Waals surface area contributed by atoms with Crippen LogP contribution in [-0.2, 0) is 6.42 Å². The summed E-state index contributed by atoms with van der Waals surface area (Å²) in [7, 11) is 0. The summed E-state index contributed by atoms with van der Waals surface area (Å²) in [5, 5.41) is 6.85. The van der Waals surface area contributed by atoms with E-state index in [0.717, 1.165) is 12.2 Å². The summed E-state index contributed by atoms with van der Waals surface area (Å²) in [6, 6.07) is 0.164. The SMILES string of the molecule is CC(NCCc1ncno1)c1cnccn1. The molecule has 0 saturated carbocycles. The third-order valence-corrected chi connectivity index (χ3v) is 2.22. The van der Waals surface area contributed by atoms with Crippen molar-refractivity contribution in [2.24, 2.45) is 0 Å². The van der Waals surface area contributed by atoms with Gasteiger partial charge in [-0.05, 0) is 6.92 Å². The Bertz CT molecular complexity index is 402. The predicted octanol–water partition coefficient (Wildman–Crippen LogP) is 0.753. The quantitative estimate of drug-likeness (QED) is 0.799. The zero-order valence-corrected chi connectivity index (χ0v) is 9.00. The molecule has 1 unspecified atom stereocenters. The van der Waals surface area contributed by atoms with Gasteiger partial charge in [0.2, 0.25) is 5.89 Å². The fraction of sp³-hybridized carbons (Fsp3) is 0.400. The average molecular weight is 219 g/mol. The van der Waals surface area contributed by atoms with Crippen molar-refractivity contribution in [3.8, 4) is 0 Å². The molecule has 0 aliphatic carbocycles. The zero-order valence-electron chi connectivity index (χ0n) is 9.00. The van der Waals surface area contributed by atoms with Crippen molar-refractivity contribution >= 4 is 0 Å². The Morgan fingerprint density at radius 3 is 3.00 bits per heavy atom. The Balaban J connectivity index is 1.78. The summed E-state index contributed by atoms with van der Waals surface area (Å²) >= 11 is 0. The smallest absolute Gasteiger partial charge is 0.227 e. The molecule has 6 heteroatoms. The van der Waals surface area contributed by atoms with Crippen molar-refractivity contribution in [3.05, 3.63) is 36.5 Å². The van der Waals surface area contributed by atoms with Crippen LogP contribution in [0.3, 0.4) is 0 Å². The molecule has 0 fully saturated rings. The van der Waals surface area contributed by atoms with Gasteiger partial charge in [0.05, 0.1) is 5.69 Å². The maximum absolute atomic E-state index is 4.89. The van der Waals surface area contributed by atoms with Crippen LogP contribution in [-0.4, -0.2) is 26.7 Å². The summed E-state index contributed by atoms with van der Waals surface area (Å²) < 4.78 is 4.89. The second kappa shape index (κ2) is 5.32. The van der Waals surface area contributed by atoms with Gasteiger partial charge in [-0.25, -0.2) is 0 Å². The van der Waals surface area contributed by atoms with Crippen LogP contribution < -0.4 is 5.32 Å². The molecular weight excluding hydrogens is 206 g/mol. The standard InChI is InChI=1S/C10H13N5O/c1-8(9-6-11-4-5-13-9)12-3-2-10-14-7-15-16-10/h4-8,12H,2-3H2,1H3. The average Bonchev–Trinajstić information content (AvgIpc) is 2.83. The summed E-state index contributed by atoms with van der Waals surface area (Å²) in [6.07, 6.45) is 7.22. The summed E-state index contributed by atoms with van der Waals surface area (Å²) in [5.74, 6) is 0.638. The van der Waals surface area contributed by atoms with Gasteiger partial charge < -0.3 is 9.84 Å². The van der Waals surface area contributed by atoms with Crippen LogP contribution in [0.4, 0.5) is 0 Å². The van der Waals surface area contributed by atoms with Crippen molar-refractivity contribution in [1.82, 2.24) is 25.4 Å². The van der Waals surface area contributed by atoms with Crippen LogP contribution in [0.5, 0.6) is 0 Å². The molecule has 0 bridgehead atoms. The lowest BCUT2D eigenvalue weighted by atomic mass is 10.2. The van der Waals surface area contributed by atoms with Gasteiger partial charge in [0, 0.05) is 37.6 Å². The summed E-state index contributed by atoms with van der Waals surface area (Å²) in [5.41, 5.74) is 0.924. The molecule has 0 aliphatic rings. The highest BCUT2D eigenvalue weighted by Crippen LogP contribution is 2.06. The minimum Gasteiger partial charge on any atom is -0.340 e. The molecule has 16 heavy (non-hydrogen) atoms. The van der Waals surface area contributed by atoms with E-state index in [1.54, 1.807) is 18.6 Å². The molecule has 6 nitrogen and oxygen atoms in total. The molecule has 2 rings (SSSR count). The number of hydrogen-bond donors (Lipinski definition) is 1. The first-order chi connectivity index (χ1) is 7.86. The minimum absolute atomic E-state index is 0.164. The van der Waals surface area contributed by atoms with Crippen LogP contribution in [0.15, 0.2) is 29.4 Å². The Labute approximate surface area is 93.1 Å². The van der Waals surface area contributed by atoms with E-state index in [0.29, 0.717) is 12.3 Å². The normalized spacial score (nSPS) is 12.6. The number of hydrogen-bond acceptors (Lipinski definition) is 6. The number of nitrogens with one attached hydrogen (secondary N) is 1. The molecule has 0 aromatic carbocycles. The molecule has 1 atom stereocenters. The highest BCUT2D eigenvalue weighted by atomic mass is 16.5. The molecule has 0 aliphatic heterocycles. The minimum atomic E-state index is 0.164. The first-order valence-electron chi connectivity index (χ1n) is 5.11. The van der Waals surface area contributed by atoms with E-state index in [9.17, 15) is 0 Å². The number of nitrogens with zero attached hydrogens (tertiary/aromatic N) is 4. The molecule has 84 valence electrons. The predicted molar refractivity (Wildman–Crippen MR) is 56.5 cm³/mol. The van der Waals surface area contributed by atoms with Crippen molar-refractivity contribution in [1.29, 1.82) is 0 Å². The molecule has 0 radical (unpaired) electrons. The fourth-order valence-electron chi connectivity index (χ4n) is 1.34. The second-order valence-electron chi connectivity index (χ2n) is 3.39. The van der Waals surface area contributed by atoms with Gasteiger partial charge in [-0.2, -0.15) is 4.98 Å². The van der Waals surface area contributed by atoms with Gasteiger partial charge in [-0.15, -0.1) is 0 Å². The summed E-state index contributed by atoms with van der Waals surface area (Å²) in [4.78, 5) is 12.2. The molecule has 1 N–H and O–H groups in total. The van der Waals surface area contributed by atoms with Crippen LogP contribution in [0.2, 0.25) is 0 Å². The Kier molecular flexibility index (Phi) is 3.55. The van der Waals surface area contributed by atoms with E-state index >= 15 is 0 Å². The van der Waals surface area contributed by atoms with Crippen molar-refractivity contribution in [3.63, 3.8) is 0 Å². The van der Waals surface area contributed by atoms with Crippen molar-refractivity contribution in [2.75, 3.05) is 6.54 Å². The van der Waals surface area contributed by atoms with Crippen LogP contribution in [0.25, 0.3) is 0 Å². The van der Waals surface area contributed by atoms with Gasteiger partial charge in [0.25, 0.3) is 0 Å². The number of aromatic nitrogens is 4. The molecule has 0 spiro atoms. The Hall–Kier alpha value is -1.82. The van der Waals surface area contributed by atoms with E-state index < -0.39 is 0 Å². The van der Waals surface area contributed by atoms with Gasteiger partial charge in [-0.3, -0.25) is 9.97 Å². The van der Waals surface area contributed by atoms with Crippen molar-refractivity contribution in [2.45, 2.75) is 19.4 Å². The van der Waals surface area contributed by atoms with Gasteiger partial charge in [-0.1, -0.05) is 5.16 Å². The first kappa shape index (κ1) is 10.7. The third-order valence-electron chi connectivity index (χ3n) is 2.22. The van der Waals surface area contributed by atoms with Gasteiger partial charge in [0.15, 0.2) is 6.33 Å². The Morgan fingerprint density at radius 2 is 2.31 bits per heavy atom. The van der Waals surface area contributed by atoms with Crippen LogP contribution in [0, 0.1) is 0 Å². The second-order valence-corrected chi connectivity index (χ2v) is 3.39. The van der Waals surface area contributed by atoms with E-state index in [4.69, 9.17) is 4.52 Å². The molecule has 2 heterocycles. The zero-order chi connectivity index (χ0) is 11.2. The molecular formula is C10H13N5O. The first-order valence-corrected chi connectivity index (χ1v) is 5.11. The molecule has 0 amide bonds. The fourth-order valence-corrected chi connectivity index (χ4v) is 1.34. The monoisotopic (exact) mass is 219 g/mol. The largest absolute Gasteiger partial charge is 0.340 e. The number of rotatable bonds is 5. The van der Waals surface area contributed by atoms with Crippen molar-refractivity contribution < 1.29 is 4.52 Å². The van der Waals surface area contributed by atoms with Crippen LogP contribution >= 0.6 is 0 Å². The maximum Gasteiger partial charge on any atom is 0.227 e.